The molecule has 0 unspecified atom stereocenters. The summed E-state index contributed by atoms with van der Waals surface area (Å²) < 4.78 is 24.9. The van der Waals surface area contributed by atoms with Crippen molar-refractivity contribution in [1.29, 1.82) is 0 Å². The van der Waals surface area contributed by atoms with Crippen molar-refractivity contribution in [2.45, 2.75) is 12.3 Å². The second-order valence-electron chi connectivity index (χ2n) is 2.74. The molecule has 1 atom stereocenters. The van der Waals surface area contributed by atoms with Crippen LogP contribution < -0.4 is 5.32 Å². The fraction of sp³-hybridized carbons (Fsp3) is 1.00. The molecule has 1 heterocycles. The molecule has 1 rings (SSSR count). The summed E-state index contributed by atoms with van der Waals surface area (Å²) in [6, 6.07) is 0. The number of halogens is 3. The molecule has 0 aromatic heterocycles. The maximum absolute atomic E-state index is 12.5. The molecule has 0 radical (unpaired) electrons. The summed E-state index contributed by atoms with van der Waals surface area (Å²) in [5, 5.41) is 11.1. The smallest absolute Gasteiger partial charge is 0.260 e. The molecule has 5 heteroatoms. The Morgan fingerprint density at radius 3 is 2.55 bits per heavy atom. The lowest BCUT2D eigenvalue weighted by molar-refractivity contribution is -0.0473. The number of nitrogens with one attached hydrogen (secondary N) is 1. The molecule has 0 saturated carbocycles. The number of aliphatic hydroxyl groups is 1. The van der Waals surface area contributed by atoms with Gasteiger partial charge in [0.2, 0.25) is 0 Å². The van der Waals surface area contributed by atoms with Crippen molar-refractivity contribution in [2.75, 3.05) is 19.7 Å². The third-order valence-electron chi connectivity index (χ3n) is 1.66. The first-order chi connectivity index (χ1) is 4.64. The van der Waals surface area contributed by atoms with Gasteiger partial charge in [-0.3, -0.25) is 0 Å². The van der Waals surface area contributed by atoms with Crippen molar-refractivity contribution in [3.63, 3.8) is 0 Å². The molecule has 0 spiro atoms. The number of aliphatic hydroxyl groups excluding tert-OH is 1. The van der Waals surface area contributed by atoms with Gasteiger partial charge in [-0.1, -0.05) is 0 Å². The van der Waals surface area contributed by atoms with Gasteiger partial charge in [0.15, 0.2) is 0 Å². The van der Waals surface area contributed by atoms with Gasteiger partial charge in [0, 0.05) is 25.5 Å². The lowest BCUT2D eigenvalue weighted by Crippen LogP contribution is -2.44. The van der Waals surface area contributed by atoms with Crippen LogP contribution >= 0.6 is 12.4 Å². The number of piperidine rings is 1. The Morgan fingerprint density at radius 1 is 1.55 bits per heavy atom. The van der Waals surface area contributed by atoms with Crippen LogP contribution in [0.25, 0.3) is 0 Å². The van der Waals surface area contributed by atoms with E-state index in [2.05, 4.69) is 5.32 Å². The second-order valence-corrected chi connectivity index (χ2v) is 2.74. The summed E-state index contributed by atoms with van der Waals surface area (Å²) in [7, 11) is 0. The number of rotatable bonds is 1. The van der Waals surface area contributed by atoms with Gasteiger partial charge in [-0.25, -0.2) is 8.78 Å². The average Bonchev–Trinajstić information content (AvgIpc) is 1.86. The standard InChI is InChI=1S/C6H11F2NO.ClH/c7-6(8)1-5(3-10)2-9-4-6;/h5,9-10H,1-4H2;1H/t5-;/m1./s1. The Labute approximate surface area is 70.4 Å². The molecule has 68 valence electrons. The first kappa shape index (κ1) is 11.1. The van der Waals surface area contributed by atoms with Crippen molar-refractivity contribution in [3.05, 3.63) is 0 Å². The van der Waals surface area contributed by atoms with Crippen LogP contribution in [0.4, 0.5) is 8.78 Å². The first-order valence-electron chi connectivity index (χ1n) is 3.33. The normalized spacial score (nSPS) is 29.2. The molecule has 2 N–H and O–H groups in total. The molecule has 1 aliphatic heterocycles. The summed E-state index contributed by atoms with van der Waals surface area (Å²) in [6.07, 6.45) is -0.184. The van der Waals surface area contributed by atoms with Crippen LogP contribution in [0.2, 0.25) is 0 Å². The molecule has 0 aromatic carbocycles. The molecule has 11 heavy (non-hydrogen) atoms. The summed E-state index contributed by atoms with van der Waals surface area (Å²) in [6.45, 7) is 0.109. The quantitative estimate of drug-likeness (QED) is 0.632. The predicted octanol–water partition coefficient (Wildman–Crippen LogP) is 0.645. The van der Waals surface area contributed by atoms with Gasteiger partial charge in [-0.15, -0.1) is 12.4 Å². The van der Waals surface area contributed by atoms with Crippen LogP contribution in [0.1, 0.15) is 6.42 Å². The van der Waals surface area contributed by atoms with Crippen LogP contribution in [0.15, 0.2) is 0 Å². The zero-order chi connectivity index (χ0) is 7.61. The zero-order valence-electron chi connectivity index (χ0n) is 6.02. The minimum Gasteiger partial charge on any atom is -0.396 e. The van der Waals surface area contributed by atoms with Crippen molar-refractivity contribution in [1.82, 2.24) is 5.32 Å². The first-order valence-corrected chi connectivity index (χ1v) is 3.33. The van der Waals surface area contributed by atoms with Crippen molar-refractivity contribution in [3.8, 4) is 0 Å². The summed E-state index contributed by atoms with van der Waals surface area (Å²) >= 11 is 0. The fourth-order valence-corrected chi connectivity index (χ4v) is 1.15. The van der Waals surface area contributed by atoms with Crippen LogP contribution in [0.3, 0.4) is 0 Å². The summed E-state index contributed by atoms with van der Waals surface area (Å²) in [5.41, 5.74) is 0. The van der Waals surface area contributed by atoms with Gasteiger partial charge >= 0.3 is 0 Å². The number of alkyl halides is 2. The number of hydrogen-bond donors (Lipinski definition) is 2. The van der Waals surface area contributed by atoms with E-state index in [1.807, 2.05) is 0 Å². The molecule has 2 nitrogen and oxygen atoms in total. The molecule has 0 aromatic rings. The SMILES string of the molecule is Cl.OC[C@H]1CNCC(F)(F)C1. The lowest BCUT2D eigenvalue weighted by Gasteiger charge is -2.28. The summed E-state index contributed by atoms with van der Waals surface area (Å²) in [5.74, 6) is -2.89. The molecule has 0 bridgehead atoms. The molecule has 1 fully saturated rings. The van der Waals surface area contributed by atoms with E-state index in [1.54, 1.807) is 0 Å². The molecular formula is C6H12ClF2NO. The van der Waals surface area contributed by atoms with E-state index < -0.39 is 5.92 Å². The molecule has 1 aliphatic rings. The zero-order valence-corrected chi connectivity index (χ0v) is 6.83. The van der Waals surface area contributed by atoms with E-state index in [-0.39, 0.29) is 37.9 Å². The molecule has 1 saturated heterocycles. The van der Waals surface area contributed by atoms with E-state index in [9.17, 15) is 8.78 Å². The lowest BCUT2D eigenvalue weighted by atomic mass is 9.98. The molecular weight excluding hydrogens is 176 g/mol. The van der Waals surface area contributed by atoms with Crippen LogP contribution in [0, 0.1) is 5.92 Å². The fourth-order valence-electron chi connectivity index (χ4n) is 1.15. The van der Waals surface area contributed by atoms with Crippen molar-refractivity contribution < 1.29 is 13.9 Å². The molecule has 0 aliphatic carbocycles. The van der Waals surface area contributed by atoms with Gasteiger partial charge < -0.3 is 10.4 Å². The average molecular weight is 188 g/mol. The highest BCUT2D eigenvalue weighted by Gasteiger charge is 2.35. The third-order valence-corrected chi connectivity index (χ3v) is 1.66. The highest BCUT2D eigenvalue weighted by molar-refractivity contribution is 5.85. The van der Waals surface area contributed by atoms with Crippen LogP contribution in [-0.4, -0.2) is 30.7 Å². The minimum atomic E-state index is -2.62. The maximum atomic E-state index is 12.5. The Kier molecular flexibility index (Phi) is 4.21. The Hall–Kier alpha value is 0.0700. The maximum Gasteiger partial charge on any atom is 0.260 e. The van der Waals surface area contributed by atoms with E-state index >= 15 is 0 Å². The van der Waals surface area contributed by atoms with Gasteiger partial charge in [0.25, 0.3) is 5.92 Å². The minimum absolute atomic E-state index is 0. The van der Waals surface area contributed by atoms with Crippen molar-refractivity contribution in [2.24, 2.45) is 5.92 Å². The van der Waals surface area contributed by atoms with Gasteiger partial charge in [0.1, 0.15) is 0 Å². The monoisotopic (exact) mass is 187 g/mol. The van der Waals surface area contributed by atoms with E-state index in [0.717, 1.165) is 0 Å². The largest absolute Gasteiger partial charge is 0.396 e. The predicted molar refractivity (Wildman–Crippen MR) is 40.3 cm³/mol. The highest BCUT2D eigenvalue weighted by atomic mass is 35.5. The third kappa shape index (κ3) is 3.31. The Morgan fingerprint density at radius 2 is 2.18 bits per heavy atom. The van der Waals surface area contributed by atoms with E-state index in [0.29, 0.717) is 6.54 Å². The van der Waals surface area contributed by atoms with Gasteiger partial charge in [-0.2, -0.15) is 0 Å². The Bertz CT molecular complexity index is 123. The van der Waals surface area contributed by atoms with Gasteiger partial charge in [-0.05, 0) is 0 Å². The Balaban J connectivity index is 0.000001000. The molecule has 0 amide bonds. The van der Waals surface area contributed by atoms with Crippen LogP contribution in [0.5, 0.6) is 0 Å². The van der Waals surface area contributed by atoms with Crippen molar-refractivity contribution >= 4 is 12.4 Å². The van der Waals surface area contributed by atoms with E-state index in [4.69, 9.17) is 5.11 Å². The van der Waals surface area contributed by atoms with Crippen LogP contribution in [-0.2, 0) is 0 Å². The highest BCUT2D eigenvalue weighted by Crippen LogP contribution is 2.25. The number of hydrogen-bond acceptors (Lipinski definition) is 2. The second kappa shape index (κ2) is 4.18. The van der Waals surface area contributed by atoms with Gasteiger partial charge in [0.05, 0.1) is 6.54 Å². The topological polar surface area (TPSA) is 32.3 Å². The van der Waals surface area contributed by atoms with E-state index in [1.165, 1.54) is 0 Å². The summed E-state index contributed by atoms with van der Waals surface area (Å²) in [4.78, 5) is 0.